The second-order valence-electron chi connectivity index (χ2n) is 7.77. The molecule has 0 radical (unpaired) electrons. The van der Waals surface area contributed by atoms with E-state index in [2.05, 4.69) is 10.3 Å². The van der Waals surface area contributed by atoms with Crippen molar-refractivity contribution in [1.82, 2.24) is 4.98 Å². The molecule has 1 aromatic heterocycles. The predicted octanol–water partition coefficient (Wildman–Crippen LogP) is 6.63. The van der Waals surface area contributed by atoms with Crippen LogP contribution in [0, 0.1) is 6.92 Å². The minimum Gasteiger partial charge on any atom is -0.489 e. The van der Waals surface area contributed by atoms with Crippen molar-refractivity contribution in [3.63, 3.8) is 0 Å². The summed E-state index contributed by atoms with van der Waals surface area (Å²) >= 11 is 0. The lowest BCUT2D eigenvalue weighted by atomic mass is 10.1. The molecule has 1 amide bonds. The molecule has 0 fully saturated rings. The van der Waals surface area contributed by atoms with E-state index < -0.39 is 0 Å². The number of hydrogen-bond acceptors (Lipinski definition) is 4. The standard InChI is InChI=1S/C28H22N2O3/c1-19-7-5-6-10-24(19)28-30-25-17-22(13-16-26(25)33-28)29-27(31)21-11-14-23(15-12-21)32-18-20-8-3-2-4-9-20/h2-17H,18H2,1H3,(H,29,31). The quantitative estimate of drug-likeness (QED) is 0.326. The average Bonchev–Trinajstić information content (AvgIpc) is 3.27. The van der Waals surface area contributed by atoms with Crippen molar-refractivity contribution in [2.45, 2.75) is 13.5 Å². The number of rotatable bonds is 6. The number of ether oxygens (including phenoxy) is 1. The fourth-order valence-corrected chi connectivity index (χ4v) is 3.58. The van der Waals surface area contributed by atoms with Crippen molar-refractivity contribution in [2.75, 3.05) is 5.32 Å². The molecule has 33 heavy (non-hydrogen) atoms. The van der Waals surface area contributed by atoms with Gasteiger partial charge in [0, 0.05) is 16.8 Å². The number of aryl methyl sites for hydroxylation is 1. The monoisotopic (exact) mass is 434 g/mol. The Morgan fingerprint density at radius 2 is 1.67 bits per heavy atom. The first-order chi connectivity index (χ1) is 16.2. The molecule has 162 valence electrons. The summed E-state index contributed by atoms with van der Waals surface area (Å²) in [6.45, 7) is 2.50. The number of benzene rings is 4. The number of amides is 1. The highest BCUT2D eigenvalue weighted by Gasteiger charge is 2.12. The van der Waals surface area contributed by atoms with Gasteiger partial charge in [-0.3, -0.25) is 4.79 Å². The zero-order chi connectivity index (χ0) is 22.6. The average molecular weight is 434 g/mol. The van der Waals surface area contributed by atoms with Crippen LogP contribution in [0.4, 0.5) is 5.69 Å². The van der Waals surface area contributed by atoms with Gasteiger partial charge in [0.1, 0.15) is 17.9 Å². The second-order valence-corrected chi connectivity index (χ2v) is 7.77. The van der Waals surface area contributed by atoms with Crippen LogP contribution < -0.4 is 10.1 Å². The molecule has 0 atom stereocenters. The highest BCUT2D eigenvalue weighted by atomic mass is 16.5. The molecule has 5 rings (SSSR count). The first kappa shape index (κ1) is 20.5. The Bertz CT molecular complexity index is 1410. The van der Waals surface area contributed by atoms with Crippen LogP contribution in [0.3, 0.4) is 0 Å². The van der Waals surface area contributed by atoms with E-state index in [4.69, 9.17) is 9.15 Å². The molecule has 4 aromatic carbocycles. The molecule has 0 saturated heterocycles. The number of carbonyl (C=O) groups excluding carboxylic acids is 1. The van der Waals surface area contributed by atoms with Crippen molar-refractivity contribution in [3.05, 3.63) is 114 Å². The van der Waals surface area contributed by atoms with Gasteiger partial charge < -0.3 is 14.5 Å². The van der Waals surface area contributed by atoms with Crippen molar-refractivity contribution in [3.8, 4) is 17.2 Å². The Balaban J connectivity index is 1.27. The van der Waals surface area contributed by atoms with Gasteiger partial charge in [0.05, 0.1) is 0 Å². The van der Waals surface area contributed by atoms with E-state index in [0.717, 1.165) is 16.7 Å². The summed E-state index contributed by atoms with van der Waals surface area (Å²) in [6.07, 6.45) is 0. The minimum atomic E-state index is -0.202. The van der Waals surface area contributed by atoms with Crippen molar-refractivity contribution >= 4 is 22.7 Å². The SMILES string of the molecule is Cc1ccccc1-c1nc2cc(NC(=O)c3ccc(OCc4ccccc4)cc3)ccc2o1. The number of aromatic nitrogens is 1. The zero-order valence-corrected chi connectivity index (χ0v) is 18.1. The predicted molar refractivity (Wildman–Crippen MR) is 129 cm³/mol. The van der Waals surface area contributed by atoms with Crippen molar-refractivity contribution < 1.29 is 13.9 Å². The lowest BCUT2D eigenvalue weighted by Gasteiger charge is -2.08. The summed E-state index contributed by atoms with van der Waals surface area (Å²) in [7, 11) is 0. The lowest BCUT2D eigenvalue weighted by molar-refractivity contribution is 0.102. The molecule has 1 N–H and O–H groups in total. The molecule has 5 aromatic rings. The first-order valence-electron chi connectivity index (χ1n) is 10.7. The molecule has 1 heterocycles. The third-order valence-corrected chi connectivity index (χ3v) is 5.39. The van der Waals surface area contributed by atoms with Gasteiger partial charge in [-0.1, -0.05) is 48.5 Å². The number of hydrogen-bond donors (Lipinski definition) is 1. The molecular weight excluding hydrogens is 412 g/mol. The van der Waals surface area contributed by atoms with E-state index in [1.54, 1.807) is 24.3 Å². The van der Waals surface area contributed by atoms with E-state index in [1.165, 1.54) is 0 Å². The maximum Gasteiger partial charge on any atom is 0.255 e. The van der Waals surface area contributed by atoms with E-state index in [0.29, 0.717) is 40.6 Å². The molecule has 0 aliphatic heterocycles. The molecule has 0 spiro atoms. The topological polar surface area (TPSA) is 64.4 Å². The summed E-state index contributed by atoms with van der Waals surface area (Å²) in [5, 5.41) is 2.93. The lowest BCUT2D eigenvalue weighted by Crippen LogP contribution is -2.11. The van der Waals surface area contributed by atoms with E-state index in [9.17, 15) is 4.79 Å². The van der Waals surface area contributed by atoms with Gasteiger partial charge in [0.25, 0.3) is 5.91 Å². The third-order valence-electron chi connectivity index (χ3n) is 5.39. The van der Waals surface area contributed by atoms with Crippen LogP contribution in [0.15, 0.2) is 101 Å². The molecule has 0 saturated carbocycles. The van der Waals surface area contributed by atoms with Gasteiger partial charge in [0.2, 0.25) is 5.89 Å². The molecule has 5 heteroatoms. The Morgan fingerprint density at radius 3 is 2.45 bits per heavy atom. The largest absolute Gasteiger partial charge is 0.489 e. The maximum absolute atomic E-state index is 12.7. The molecule has 0 aliphatic rings. The van der Waals surface area contributed by atoms with Crippen molar-refractivity contribution in [2.24, 2.45) is 0 Å². The summed E-state index contributed by atoms with van der Waals surface area (Å²) in [6, 6.07) is 30.4. The summed E-state index contributed by atoms with van der Waals surface area (Å²) in [5.74, 6) is 1.08. The van der Waals surface area contributed by atoms with E-state index in [1.807, 2.05) is 79.7 Å². The van der Waals surface area contributed by atoms with Gasteiger partial charge in [-0.15, -0.1) is 0 Å². The molecule has 0 aliphatic carbocycles. The first-order valence-corrected chi connectivity index (χ1v) is 10.7. The van der Waals surface area contributed by atoms with Crippen LogP contribution in [-0.2, 0) is 6.61 Å². The molecule has 0 bridgehead atoms. The van der Waals surface area contributed by atoms with Gasteiger partial charge in [-0.25, -0.2) is 4.98 Å². The van der Waals surface area contributed by atoms with Gasteiger partial charge in [-0.05, 0) is 66.6 Å². The van der Waals surface area contributed by atoms with Gasteiger partial charge >= 0.3 is 0 Å². The van der Waals surface area contributed by atoms with E-state index >= 15 is 0 Å². The van der Waals surface area contributed by atoms with Crippen LogP contribution in [0.25, 0.3) is 22.6 Å². The number of nitrogens with zero attached hydrogens (tertiary/aromatic N) is 1. The van der Waals surface area contributed by atoms with Crippen LogP contribution in [0.5, 0.6) is 5.75 Å². The number of anilines is 1. The fourth-order valence-electron chi connectivity index (χ4n) is 3.58. The van der Waals surface area contributed by atoms with Crippen LogP contribution in [0.2, 0.25) is 0 Å². The van der Waals surface area contributed by atoms with Crippen LogP contribution in [-0.4, -0.2) is 10.9 Å². The number of oxazole rings is 1. The minimum absolute atomic E-state index is 0.202. The maximum atomic E-state index is 12.7. The summed E-state index contributed by atoms with van der Waals surface area (Å²) in [5.41, 5.74) is 5.70. The molecule has 0 unspecified atom stereocenters. The van der Waals surface area contributed by atoms with Gasteiger partial charge in [0.15, 0.2) is 5.58 Å². The Hall–Kier alpha value is -4.38. The summed E-state index contributed by atoms with van der Waals surface area (Å²) < 4.78 is 11.7. The Morgan fingerprint density at radius 1 is 0.909 bits per heavy atom. The second kappa shape index (κ2) is 9.01. The highest BCUT2D eigenvalue weighted by molar-refractivity contribution is 6.05. The van der Waals surface area contributed by atoms with E-state index in [-0.39, 0.29) is 5.91 Å². The number of carbonyl (C=O) groups is 1. The number of fused-ring (bicyclic) bond motifs is 1. The fraction of sp³-hybridized carbons (Fsp3) is 0.0714. The molecule has 5 nitrogen and oxygen atoms in total. The van der Waals surface area contributed by atoms with Gasteiger partial charge in [-0.2, -0.15) is 0 Å². The Labute approximate surface area is 191 Å². The summed E-state index contributed by atoms with van der Waals surface area (Å²) in [4.78, 5) is 17.3. The normalized spacial score (nSPS) is 10.8. The molecular formula is C28H22N2O3. The zero-order valence-electron chi connectivity index (χ0n) is 18.1. The third kappa shape index (κ3) is 4.62. The smallest absolute Gasteiger partial charge is 0.255 e. The number of nitrogens with one attached hydrogen (secondary N) is 1. The van der Waals surface area contributed by atoms with Crippen molar-refractivity contribution in [1.29, 1.82) is 0 Å². The Kier molecular flexibility index (Phi) is 5.60. The van der Waals surface area contributed by atoms with Crippen LogP contribution in [0.1, 0.15) is 21.5 Å². The van der Waals surface area contributed by atoms with Crippen LogP contribution >= 0.6 is 0 Å². The highest BCUT2D eigenvalue weighted by Crippen LogP contribution is 2.28.